The van der Waals surface area contributed by atoms with Gasteiger partial charge in [0, 0.05) is 0 Å². The van der Waals surface area contributed by atoms with E-state index in [1.165, 1.54) is 0 Å². The summed E-state index contributed by atoms with van der Waals surface area (Å²) in [5.41, 5.74) is 0. The van der Waals surface area contributed by atoms with Crippen LogP contribution in [-0.4, -0.2) is 21.1 Å². The Morgan fingerprint density at radius 2 is 2.25 bits per heavy atom. The Morgan fingerprint density at radius 3 is 2.38 bits per heavy atom. The highest BCUT2D eigenvalue weighted by molar-refractivity contribution is 7.82. The molecule has 0 aromatic carbocycles. The maximum Gasteiger partial charge on any atom is 0.400 e. The summed E-state index contributed by atoms with van der Waals surface area (Å²) in [5.74, 6) is 0. The van der Waals surface area contributed by atoms with Gasteiger partial charge >= 0.3 is 10.4 Å². The van der Waals surface area contributed by atoms with Crippen LogP contribution in [0, 0.1) is 0 Å². The van der Waals surface area contributed by atoms with Crippen molar-refractivity contribution >= 4 is 10.4 Å². The van der Waals surface area contributed by atoms with Gasteiger partial charge in [-0.1, -0.05) is 0 Å². The summed E-state index contributed by atoms with van der Waals surface area (Å²) in [6.45, 7) is 1.77. The number of hydrogen-bond acceptors (Lipinski definition) is 4. The average Bonchev–Trinajstić information content (AvgIpc) is 1.82. The lowest BCUT2D eigenvalue weighted by atomic mass is 10.5. The van der Waals surface area contributed by atoms with Gasteiger partial charge < -0.3 is 0 Å². The first-order valence-corrected chi connectivity index (χ1v) is 3.51. The van der Waals surface area contributed by atoms with Crippen molar-refractivity contribution in [1.82, 2.24) is 0 Å². The zero-order chi connectivity index (χ0) is 6.20. The predicted molar refractivity (Wildman–Crippen MR) is 25.4 cm³/mol. The lowest BCUT2D eigenvalue weighted by Crippen LogP contribution is -2.02. The van der Waals surface area contributed by atoms with Gasteiger partial charge in [-0.05, 0) is 6.92 Å². The maximum absolute atomic E-state index is 10.2. The first kappa shape index (κ1) is 6.00. The van der Waals surface area contributed by atoms with Crippen molar-refractivity contribution in [2.24, 2.45) is 0 Å². The summed E-state index contributed by atoms with van der Waals surface area (Å²) >= 11 is 0. The van der Waals surface area contributed by atoms with Crippen LogP contribution in [0.3, 0.4) is 0 Å². The fourth-order valence-electron chi connectivity index (χ4n) is 0.436. The molecule has 1 aliphatic rings. The van der Waals surface area contributed by atoms with Crippen molar-refractivity contribution in [2.45, 2.75) is 13.0 Å². The zero-order valence-electron chi connectivity index (χ0n) is 4.33. The molecular formula is C3H6O4S. The molecule has 0 saturated carbocycles. The van der Waals surface area contributed by atoms with Crippen LogP contribution in [0.1, 0.15) is 6.92 Å². The van der Waals surface area contributed by atoms with Crippen LogP contribution in [-0.2, 0) is 18.8 Å². The molecule has 0 unspecified atom stereocenters. The Balaban J connectivity index is 2.71. The Labute approximate surface area is 47.7 Å². The largest absolute Gasteiger partial charge is 0.400 e. The SMILES string of the molecule is C[C@@H]1COS(=O)(=O)O1. The van der Waals surface area contributed by atoms with E-state index in [1.807, 2.05) is 0 Å². The van der Waals surface area contributed by atoms with Gasteiger partial charge in [-0.3, -0.25) is 0 Å². The highest BCUT2D eigenvalue weighted by atomic mass is 32.3. The monoisotopic (exact) mass is 138 g/mol. The van der Waals surface area contributed by atoms with E-state index < -0.39 is 10.4 Å². The molecule has 1 fully saturated rings. The highest BCUT2D eigenvalue weighted by Crippen LogP contribution is 2.10. The van der Waals surface area contributed by atoms with E-state index in [2.05, 4.69) is 8.37 Å². The minimum absolute atomic E-state index is 0.141. The smallest absolute Gasteiger partial charge is 0.245 e. The molecule has 1 aliphatic heterocycles. The molecule has 48 valence electrons. The molecule has 0 aromatic heterocycles. The molecular weight excluding hydrogens is 132 g/mol. The molecule has 0 spiro atoms. The maximum atomic E-state index is 10.2. The second-order valence-corrected chi connectivity index (χ2v) is 2.84. The molecule has 4 nitrogen and oxygen atoms in total. The van der Waals surface area contributed by atoms with Gasteiger partial charge in [-0.25, -0.2) is 8.37 Å². The van der Waals surface area contributed by atoms with Crippen LogP contribution >= 0.6 is 0 Å². The molecule has 0 radical (unpaired) electrons. The van der Waals surface area contributed by atoms with Crippen molar-refractivity contribution in [3.63, 3.8) is 0 Å². The number of hydrogen-bond donors (Lipinski definition) is 0. The third-order valence-electron chi connectivity index (χ3n) is 0.729. The van der Waals surface area contributed by atoms with Gasteiger partial charge in [-0.15, -0.1) is 0 Å². The molecule has 1 rings (SSSR count). The highest BCUT2D eigenvalue weighted by Gasteiger charge is 2.25. The van der Waals surface area contributed by atoms with E-state index in [0.29, 0.717) is 0 Å². The van der Waals surface area contributed by atoms with Crippen molar-refractivity contribution in [3.8, 4) is 0 Å². The minimum atomic E-state index is -3.60. The van der Waals surface area contributed by atoms with E-state index in [-0.39, 0.29) is 12.7 Å². The first-order chi connectivity index (χ1) is 3.60. The second kappa shape index (κ2) is 1.68. The molecule has 0 N–H and O–H groups in total. The van der Waals surface area contributed by atoms with Gasteiger partial charge in [0.25, 0.3) is 0 Å². The molecule has 0 amide bonds. The van der Waals surface area contributed by atoms with Crippen molar-refractivity contribution in [2.75, 3.05) is 6.61 Å². The van der Waals surface area contributed by atoms with Crippen LogP contribution in [0.5, 0.6) is 0 Å². The predicted octanol–water partition coefficient (Wildman–Crippen LogP) is -0.333. The van der Waals surface area contributed by atoms with E-state index in [9.17, 15) is 8.42 Å². The molecule has 1 saturated heterocycles. The van der Waals surface area contributed by atoms with Gasteiger partial charge in [0.15, 0.2) is 0 Å². The van der Waals surface area contributed by atoms with E-state index in [1.54, 1.807) is 6.92 Å². The lowest BCUT2D eigenvalue weighted by molar-refractivity contribution is 0.258. The van der Waals surface area contributed by atoms with Crippen LogP contribution in [0.2, 0.25) is 0 Å². The summed E-state index contributed by atoms with van der Waals surface area (Å²) in [7, 11) is -3.60. The molecule has 1 atom stereocenters. The van der Waals surface area contributed by atoms with Crippen LogP contribution in [0.15, 0.2) is 0 Å². The standard InChI is InChI=1S/C3H6O4S/c1-3-2-6-8(4,5)7-3/h3H,2H2,1H3/t3-/m1/s1. The fraction of sp³-hybridized carbons (Fsp3) is 1.00. The average molecular weight is 138 g/mol. The molecule has 0 aliphatic carbocycles. The van der Waals surface area contributed by atoms with E-state index in [4.69, 9.17) is 0 Å². The first-order valence-electron chi connectivity index (χ1n) is 2.18. The topological polar surface area (TPSA) is 52.6 Å². The summed E-state index contributed by atoms with van der Waals surface area (Å²) < 4.78 is 28.9. The second-order valence-electron chi connectivity index (χ2n) is 1.60. The third-order valence-corrected chi connectivity index (χ3v) is 1.72. The molecule has 1 heterocycles. The van der Waals surface area contributed by atoms with Crippen molar-refractivity contribution < 1.29 is 16.8 Å². The lowest BCUT2D eigenvalue weighted by Gasteiger charge is -1.89. The zero-order valence-corrected chi connectivity index (χ0v) is 5.14. The summed E-state index contributed by atoms with van der Waals surface area (Å²) in [6, 6.07) is 0. The summed E-state index contributed by atoms with van der Waals surface area (Å²) in [5, 5.41) is 0. The Hall–Kier alpha value is -0.130. The quantitative estimate of drug-likeness (QED) is 0.459. The third kappa shape index (κ3) is 1.18. The van der Waals surface area contributed by atoms with Gasteiger partial charge in [-0.2, -0.15) is 8.42 Å². The van der Waals surface area contributed by atoms with Crippen LogP contribution in [0.4, 0.5) is 0 Å². The molecule has 0 aromatic rings. The normalized spacial score (nSPS) is 35.4. The molecule has 0 bridgehead atoms. The molecule has 5 heteroatoms. The van der Waals surface area contributed by atoms with Crippen molar-refractivity contribution in [3.05, 3.63) is 0 Å². The van der Waals surface area contributed by atoms with Crippen LogP contribution in [0.25, 0.3) is 0 Å². The van der Waals surface area contributed by atoms with E-state index >= 15 is 0 Å². The minimum Gasteiger partial charge on any atom is -0.245 e. The Kier molecular flexibility index (Phi) is 1.26. The fourth-order valence-corrected chi connectivity index (χ4v) is 1.31. The van der Waals surface area contributed by atoms with Gasteiger partial charge in [0.2, 0.25) is 0 Å². The summed E-state index contributed by atoms with van der Waals surface area (Å²) in [6.07, 6.45) is -0.319. The molecule has 8 heavy (non-hydrogen) atoms. The van der Waals surface area contributed by atoms with Crippen LogP contribution < -0.4 is 0 Å². The number of rotatable bonds is 0. The van der Waals surface area contributed by atoms with Gasteiger partial charge in [0.1, 0.15) is 6.10 Å². The van der Waals surface area contributed by atoms with Gasteiger partial charge in [0.05, 0.1) is 6.61 Å². The summed E-state index contributed by atoms with van der Waals surface area (Å²) in [4.78, 5) is 0. The van der Waals surface area contributed by atoms with E-state index in [0.717, 1.165) is 0 Å². The Morgan fingerprint density at radius 1 is 1.62 bits per heavy atom. The van der Waals surface area contributed by atoms with Crippen molar-refractivity contribution in [1.29, 1.82) is 0 Å². The Bertz CT molecular complexity index is 170.